The topological polar surface area (TPSA) is 83.7 Å². The van der Waals surface area contributed by atoms with Crippen molar-refractivity contribution >= 4 is 28.3 Å². The maximum atomic E-state index is 13.2. The fourth-order valence-electron chi connectivity index (χ4n) is 4.14. The summed E-state index contributed by atoms with van der Waals surface area (Å²) in [7, 11) is -3.56. The van der Waals surface area contributed by atoms with E-state index in [-0.39, 0.29) is 29.3 Å². The smallest absolute Gasteiger partial charge is 0.254 e. The second-order valence-electron chi connectivity index (χ2n) is 7.96. The van der Waals surface area contributed by atoms with E-state index in [0.717, 1.165) is 37.7 Å². The van der Waals surface area contributed by atoms with Crippen molar-refractivity contribution < 1.29 is 13.2 Å². The van der Waals surface area contributed by atoms with Crippen molar-refractivity contribution in [2.75, 3.05) is 26.2 Å². The summed E-state index contributed by atoms with van der Waals surface area (Å²) in [5, 5.41) is 0. The Morgan fingerprint density at radius 3 is 2.50 bits per heavy atom. The highest BCUT2D eigenvalue weighted by atomic mass is 35.5. The molecule has 1 amide bonds. The van der Waals surface area contributed by atoms with Crippen LogP contribution in [0.5, 0.6) is 0 Å². The molecule has 0 spiro atoms. The van der Waals surface area contributed by atoms with E-state index < -0.39 is 10.0 Å². The van der Waals surface area contributed by atoms with E-state index in [9.17, 15) is 13.2 Å². The predicted molar refractivity (Wildman–Crippen MR) is 113 cm³/mol. The Bertz CT molecular complexity index is 794. The van der Waals surface area contributed by atoms with Crippen LogP contribution in [0.3, 0.4) is 0 Å². The number of carbonyl (C=O) groups is 1. The molecular formula is C20H32ClN3O3S. The molecule has 0 bridgehead atoms. The summed E-state index contributed by atoms with van der Waals surface area (Å²) in [6.45, 7) is 6.25. The minimum atomic E-state index is -3.56. The number of nitrogens with two attached hydrogens (primary N) is 1. The van der Waals surface area contributed by atoms with Crippen LogP contribution in [0.4, 0.5) is 0 Å². The fourth-order valence-corrected chi connectivity index (χ4v) is 5.69. The van der Waals surface area contributed by atoms with Crippen molar-refractivity contribution in [1.29, 1.82) is 0 Å². The first-order chi connectivity index (χ1) is 12.8. The summed E-state index contributed by atoms with van der Waals surface area (Å²) in [6, 6.07) is 4.94. The third-order valence-electron chi connectivity index (χ3n) is 5.90. The van der Waals surface area contributed by atoms with Crippen LogP contribution in [-0.2, 0) is 10.0 Å². The average molecular weight is 430 g/mol. The summed E-state index contributed by atoms with van der Waals surface area (Å²) in [5.41, 5.74) is 7.18. The molecule has 0 radical (unpaired) electrons. The summed E-state index contributed by atoms with van der Waals surface area (Å²) in [6.07, 6.45) is 4.69. The second kappa shape index (κ2) is 9.57. The Kier molecular flexibility index (Phi) is 7.90. The standard InChI is InChI=1S/C20H31N3O3S.ClH/c1-15-8-11-23(17(12-15)14-21)20(24)19-13-18(7-6-16(19)2)27(25,26)22-9-4-3-5-10-22;/h6-7,13,15,17H,3-5,8-12,14,21H2,1-2H3;1H. The highest BCUT2D eigenvalue weighted by Crippen LogP contribution is 2.27. The lowest BCUT2D eigenvalue weighted by molar-refractivity contribution is 0.0572. The quantitative estimate of drug-likeness (QED) is 0.797. The van der Waals surface area contributed by atoms with Crippen molar-refractivity contribution in [3.8, 4) is 0 Å². The normalized spacial score (nSPS) is 23.9. The van der Waals surface area contributed by atoms with Gasteiger partial charge in [-0.1, -0.05) is 19.4 Å². The van der Waals surface area contributed by atoms with E-state index in [4.69, 9.17) is 5.73 Å². The molecule has 8 heteroatoms. The number of halogens is 1. The first-order valence-corrected chi connectivity index (χ1v) is 11.4. The average Bonchev–Trinajstić information content (AvgIpc) is 2.68. The van der Waals surface area contributed by atoms with Crippen LogP contribution in [0.2, 0.25) is 0 Å². The molecule has 2 N–H and O–H groups in total. The molecule has 2 saturated heterocycles. The number of piperidine rings is 2. The molecule has 2 aliphatic rings. The van der Waals surface area contributed by atoms with Gasteiger partial charge in [-0.15, -0.1) is 12.4 Å². The van der Waals surface area contributed by atoms with Gasteiger partial charge < -0.3 is 10.6 Å². The van der Waals surface area contributed by atoms with E-state index in [0.29, 0.717) is 37.7 Å². The number of rotatable bonds is 4. The molecule has 2 fully saturated rings. The van der Waals surface area contributed by atoms with Crippen molar-refractivity contribution in [2.24, 2.45) is 11.7 Å². The van der Waals surface area contributed by atoms with Crippen molar-refractivity contribution in [3.63, 3.8) is 0 Å². The SMILES string of the molecule is Cc1ccc(S(=O)(=O)N2CCCCC2)cc1C(=O)N1CCC(C)CC1CN.Cl. The van der Waals surface area contributed by atoms with E-state index in [1.807, 2.05) is 11.8 Å². The van der Waals surface area contributed by atoms with Crippen LogP contribution >= 0.6 is 12.4 Å². The molecule has 158 valence electrons. The molecule has 0 aromatic heterocycles. The molecule has 1 aromatic carbocycles. The molecule has 2 aliphatic heterocycles. The van der Waals surface area contributed by atoms with Crippen molar-refractivity contribution in [1.82, 2.24) is 9.21 Å². The Morgan fingerprint density at radius 2 is 1.86 bits per heavy atom. The van der Waals surface area contributed by atoms with Gasteiger partial charge in [-0.05, 0) is 56.2 Å². The van der Waals surface area contributed by atoms with Crippen molar-refractivity contribution in [3.05, 3.63) is 29.3 Å². The molecule has 6 nitrogen and oxygen atoms in total. The van der Waals surface area contributed by atoms with Gasteiger partial charge in [0.25, 0.3) is 5.91 Å². The van der Waals surface area contributed by atoms with Gasteiger partial charge in [0.2, 0.25) is 10.0 Å². The highest BCUT2D eigenvalue weighted by molar-refractivity contribution is 7.89. The fraction of sp³-hybridized carbons (Fsp3) is 0.650. The molecule has 0 aliphatic carbocycles. The maximum absolute atomic E-state index is 13.2. The van der Waals surface area contributed by atoms with E-state index >= 15 is 0 Å². The zero-order chi connectivity index (χ0) is 19.6. The van der Waals surface area contributed by atoms with Crippen LogP contribution in [0, 0.1) is 12.8 Å². The highest BCUT2D eigenvalue weighted by Gasteiger charge is 2.32. The van der Waals surface area contributed by atoms with E-state index in [2.05, 4.69) is 6.92 Å². The Labute approximate surface area is 174 Å². The van der Waals surface area contributed by atoms with Crippen LogP contribution in [0.25, 0.3) is 0 Å². The number of hydrogen-bond donors (Lipinski definition) is 1. The van der Waals surface area contributed by atoms with Gasteiger partial charge in [0.1, 0.15) is 0 Å². The minimum absolute atomic E-state index is 0. The molecule has 2 unspecified atom stereocenters. The monoisotopic (exact) mass is 429 g/mol. The van der Waals surface area contributed by atoms with Crippen LogP contribution < -0.4 is 5.73 Å². The first kappa shape index (κ1) is 23.1. The zero-order valence-corrected chi connectivity index (χ0v) is 18.4. The van der Waals surface area contributed by atoms with Crippen LogP contribution in [0.1, 0.15) is 54.9 Å². The summed E-state index contributed by atoms with van der Waals surface area (Å²) < 4.78 is 27.5. The van der Waals surface area contributed by atoms with Crippen molar-refractivity contribution in [2.45, 2.75) is 56.9 Å². The Hall–Kier alpha value is -1.15. The van der Waals surface area contributed by atoms with Gasteiger partial charge in [0.15, 0.2) is 0 Å². The number of likely N-dealkylation sites (tertiary alicyclic amines) is 1. The van der Waals surface area contributed by atoms with E-state index in [1.54, 1.807) is 22.5 Å². The summed E-state index contributed by atoms with van der Waals surface area (Å²) in [4.78, 5) is 15.3. The van der Waals surface area contributed by atoms with Gasteiger partial charge in [0, 0.05) is 37.8 Å². The molecule has 3 rings (SSSR count). The minimum Gasteiger partial charge on any atom is -0.334 e. The molecule has 2 heterocycles. The van der Waals surface area contributed by atoms with Crippen LogP contribution in [-0.4, -0.2) is 55.8 Å². The van der Waals surface area contributed by atoms with Gasteiger partial charge in [-0.25, -0.2) is 8.42 Å². The lowest BCUT2D eigenvalue weighted by Crippen LogP contribution is -2.49. The number of nitrogens with zero attached hydrogens (tertiary/aromatic N) is 2. The number of carbonyl (C=O) groups excluding carboxylic acids is 1. The lowest BCUT2D eigenvalue weighted by atomic mass is 9.91. The number of amides is 1. The molecule has 2 atom stereocenters. The zero-order valence-electron chi connectivity index (χ0n) is 16.8. The molecule has 1 aromatic rings. The third-order valence-corrected chi connectivity index (χ3v) is 7.80. The number of sulfonamides is 1. The number of benzene rings is 1. The maximum Gasteiger partial charge on any atom is 0.254 e. The first-order valence-electron chi connectivity index (χ1n) is 9.96. The molecule has 28 heavy (non-hydrogen) atoms. The Balaban J connectivity index is 0.00000280. The number of aryl methyl sites for hydroxylation is 1. The lowest BCUT2D eigenvalue weighted by Gasteiger charge is -2.38. The second-order valence-corrected chi connectivity index (χ2v) is 9.90. The molecule has 0 saturated carbocycles. The van der Waals surface area contributed by atoms with Gasteiger partial charge in [-0.3, -0.25) is 4.79 Å². The van der Waals surface area contributed by atoms with Gasteiger partial charge in [-0.2, -0.15) is 4.31 Å². The molecular weight excluding hydrogens is 398 g/mol. The number of hydrogen-bond acceptors (Lipinski definition) is 4. The summed E-state index contributed by atoms with van der Waals surface area (Å²) >= 11 is 0. The predicted octanol–water partition coefficient (Wildman–Crippen LogP) is 2.79. The van der Waals surface area contributed by atoms with Gasteiger partial charge >= 0.3 is 0 Å². The van der Waals surface area contributed by atoms with E-state index in [1.165, 1.54) is 0 Å². The van der Waals surface area contributed by atoms with Crippen LogP contribution in [0.15, 0.2) is 23.1 Å². The largest absolute Gasteiger partial charge is 0.334 e. The third kappa shape index (κ3) is 4.70. The van der Waals surface area contributed by atoms with Gasteiger partial charge in [0.05, 0.1) is 4.90 Å². The summed E-state index contributed by atoms with van der Waals surface area (Å²) in [5.74, 6) is 0.444. The Morgan fingerprint density at radius 1 is 1.18 bits per heavy atom.